The van der Waals surface area contributed by atoms with Gasteiger partial charge >= 0.3 is 5.97 Å². The Hall–Kier alpha value is -1.38. The highest BCUT2D eigenvalue weighted by Crippen LogP contribution is 2.66. The van der Waals surface area contributed by atoms with E-state index >= 15 is 0 Å². The molecule has 6 atom stereocenters. The Bertz CT molecular complexity index is 662. The number of allylic oxidation sites excluding steroid dienone is 1. The quantitative estimate of drug-likeness (QED) is 0.535. The molecule has 0 radical (unpaired) electrons. The summed E-state index contributed by atoms with van der Waals surface area (Å²) in [4.78, 5) is 24.6. The maximum Gasteiger partial charge on any atom is 0.309 e. The van der Waals surface area contributed by atoms with Crippen LogP contribution in [0.3, 0.4) is 0 Å². The zero-order chi connectivity index (χ0) is 18.5. The van der Waals surface area contributed by atoms with Crippen molar-refractivity contribution in [1.82, 2.24) is 0 Å². The lowest BCUT2D eigenvalue weighted by Gasteiger charge is -2.57. The summed E-state index contributed by atoms with van der Waals surface area (Å²) in [7, 11) is 0. The van der Waals surface area contributed by atoms with Gasteiger partial charge in [-0.05, 0) is 79.6 Å². The van der Waals surface area contributed by atoms with Crippen LogP contribution in [0.1, 0.15) is 65.2 Å². The van der Waals surface area contributed by atoms with E-state index in [4.69, 9.17) is 4.74 Å². The van der Waals surface area contributed by atoms with Gasteiger partial charge in [-0.1, -0.05) is 32.1 Å². The minimum absolute atomic E-state index is 0.0146. The molecule has 26 heavy (non-hydrogen) atoms. The van der Waals surface area contributed by atoms with Gasteiger partial charge in [-0.3, -0.25) is 9.59 Å². The molecule has 0 aromatic rings. The van der Waals surface area contributed by atoms with Crippen LogP contribution < -0.4 is 0 Å². The molecule has 0 N–H and O–H groups in total. The molecule has 0 spiro atoms. The third-order valence-electron chi connectivity index (χ3n) is 8.59. The molecule has 0 unspecified atom stereocenters. The van der Waals surface area contributed by atoms with E-state index in [2.05, 4.69) is 20.4 Å². The number of hydrogen-bond acceptors (Lipinski definition) is 3. The van der Waals surface area contributed by atoms with Gasteiger partial charge in [0.25, 0.3) is 0 Å². The third-order valence-corrected chi connectivity index (χ3v) is 8.59. The topological polar surface area (TPSA) is 43.4 Å². The molecule has 0 aliphatic heterocycles. The van der Waals surface area contributed by atoms with Gasteiger partial charge < -0.3 is 4.74 Å². The van der Waals surface area contributed by atoms with Gasteiger partial charge in [0.2, 0.25) is 0 Å². The minimum atomic E-state index is -0.0146. The van der Waals surface area contributed by atoms with E-state index in [9.17, 15) is 9.59 Å². The standard InChI is InChI=1S/C23H32O3/c1-4-13-26-21(25)20-8-7-18-17-6-5-15-14-16(24)9-11-22(15,2)19(17)10-12-23(18,20)3/h4,14,17-20H,1,5-13H2,2-3H3/t17-,18-,19-,20+,22-,23-/m0/s1. The molecule has 0 saturated heterocycles. The van der Waals surface area contributed by atoms with E-state index in [-0.39, 0.29) is 22.7 Å². The molecule has 0 heterocycles. The van der Waals surface area contributed by atoms with Crippen molar-refractivity contribution in [3.8, 4) is 0 Å². The van der Waals surface area contributed by atoms with Crippen LogP contribution in [0.25, 0.3) is 0 Å². The van der Waals surface area contributed by atoms with Gasteiger partial charge in [0, 0.05) is 6.42 Å². The van der Waals surface area contributed by atoms with Crippen molar-refractivity contribution in [2.75, 3.05) is 6.61 Å². The van der Waals surface area contributed by atoms with Crippen LogP contribution in [-0.4, -0.2) is 18.4 Å². The van der Waals surface area contributed by atoms with Gasteiger partial charge in [0.05, 0.1) is 5.92 Å². The third kappa shape index (κ3) is 2.53. The first kappa shape index (κ1) is 18.0. The molecule has 0 aromatic heterocycles. The van der Waals surface area contributed by atoms with E-state index in [1.54, 1.807) is 6.08 Å². The Kier molecular flexibility index (Phi) is 4.40. The van der Waals surface area contributed by atoms with Crippen molar-refractivity contribution >= 4 is 11.8 Å². The predicted octanol–water partition coefficient (Wildman–Crippen LogP) is 4.86. The lowest BCUT2D eigenvalue weighted by molar-refractivity contribution is -0.154. The summed E-state index contributed by atoms with van der Waals surface area (Å²) >= 11 is 0. The highest BCUT2D eigenvalue weighted by molar-refractivity contribution is 5.91. The molecule has 3 nitrogen and oxygen atoms in total. The number of esters is 1. The SMILES string of the molecule is C=CCOC(=O)[C@H]1CC[C@H]2[C@@H]3CCC4=CC(=O)CC[C@]4(C)[C@H]3CC[C@]12C. The fourth-order valence-corrected chi connectivity index (χ4v) is 7.19. The largest absolute Gasteiger partial charge is 0.461 e. The van der Waals surface area contributed by atoms with Crippen molar-refractivity contribution in [3.63, 3.8) is 0 Å². The van der Waals surface area contributed by atoms with Crippen LogP contribution in [0.2, 0.25) is 0 Å². The monoisotopic (exact) mass is 356 g/mol. The van der Waals surface area contributed by atoms with Crippen molar-refractivity contribution in [2.45, 2.75) is 65.2 Å². The number of ether oxygens (including phenoxy) is 1. The Morgan fingerprint density at radius 3 is 2.77 bits per heavy atom. The molecule has 3 heteroatoms. The van der Waals surface area contributed by atoms with Crippen molar-refractivity contribution in [2.24, 2.45) is 34.5 Å². The molecule has 3 saturated carbocycles. The second kappa shape index (κ2) is 6.35. The molecule has 3 fully saturated rings. The van der Waals surface area contributed by atoms with Crippen molar-refractivity contribution in [1.29, 1.82) is 0 Å². The van der Waals surface area contributed by atoms with Crippen molar-refractivity contribution in [3.05, 3.63) is 24.3 Å². The highest BCUT2D eigenvalue weighted by Gasteiger charge is 2.60. The maximum atomic E-state index is 12.6. The normalized spacial score (nSPS) is 44.4. The van der Waals surface area contributed by atoms with Crippen LogP contribution in [0.5, 0.6) is 0 Å². The number of ketones is 1. The number of carbonyl (C=O) groups is 2. The molecule has 4 aliphatic rings. The lowest BCUT2D eigenvalue weighted by atomic mass is 9.47. The number of carbonyl (C=O) groups excluding carboxylic acids is 2. The fraction of sp³-hybridized carbons (Fsp3) is 0.739. The Morgan fingerprint density at radius 2 is 2.00 bits per heavy atom. The van der Waals surface area contributed by atoms with Gasteiger partial charge in [0.1, 0.15) is 6.61 Å². The van der Waals surface area contributed by atoms with E-state index in [0.29, 0.717) is 36.6 Å². The van der Waals surface area contributed by atoms with Crippen molar-refractivity contribution < 1.29 is 14.3 Å². The van der Waals surface area contributed by atoms with Gasteiger partial charge in [0.15, 0.2) is 5.78 Å². The molecule has 142 valence electrons. The van der Waals surface area contributed by atoms with E-state index in [1.807, 2.05) is 6.08 Å². The zero-order valence-corrected chi connectivity index (χ0v) is 16.3. The molecule has 4 rings (SSSR count). The average molecular weight is 357 g/mol. The Balaban J connectivity index is 1.58. The fourth-order valence-electron chi connectivity index (χ4n) is 7.19. The maximum absolute atomic E-state index is 12.6. The summed E-state index contributed by atoms with van der Waals surface area (Å²) in [5.41, 5.74) is 1.71. The first-order valence-corrected chi connectivity index (χ1v) is 10.4. The van der Waals surface area contributed by atoms with Crippen LogP contribution in [0, 0.1) is 34.5 Å². The first-order chi connectivity index (χ1) is 12.4. The highest BCUT2D eigenvalue weighted by atomic mass is 16.5. The Labute approximate surface area is 157 Å². The molecule has 0 bridgehead atoms. The van der Waals surface area contributed by atoms with E-state index in [0.717, 1.165) is 32.1 Å². The summed E-state index contributed by atoms with van der Waals surface area (Å²) in [6, 6.07) is 0. The van der Waals surface area contributed by atoms with E-state index in [1.165, 1.54) is 18.4 Å². The van der Waals surface area contributed by atoms with Crippen LogP contribution in [0.15, 0.2) is 24.3 Å². The first-order valence-electron chi connectivity index (χ1n) is 10.4. The average Bonchev–Trinajstić information content (AvgIpc) is 2.97. The predicted molar refractivity (Wildman–Crippen MR) is 101 cm³/mol. The van der Waals surface area contributed by atoms with Gasteiger partial charge in [-0.2, -0.15) is 0 Å². The van der Waals surface area contributed by atoms with Gasteiger partial charge in [-0.15, -0.1) is 0 Å². The Morgan fingerprint density at radius 1 is 1.19 bits per heavy atom. The number of hydrogen-bond donors (Lipinski definition) is 0. The summed E-state index contributed by atoms with van der Waals surface area (Å²) in [6.45, 7) is 8.74. The second-order valence-corrected chi connectivity index (χ2v) is 9.56. The smallest absolute Gasteiger partial charge is 0.309 e. The summed E-state index contributed by atoms with van der Waals surface area (Å²) < 4.78 is 5.44. The summed E-state index contributed by atoms with van der Waals surface area (Å²) in [5, 5.41) is 0. The van der Waals surface area contributed by atoms with Gasteiger partial charge in [-0.25, -0.2) is 0 Å². The zero-order valence-electron chi connectivity index (χ0n) is 16.3. The summed E-state index contributed by atoms with van der Waals surface area (Å²) in [5.74, 6) is 2.35. The van der Waals surface area contributed by atoms with Crippen LogP contribution in [-0.2, 0) is 14.3 Å². The minimum Gasteiger partial charge on any atom is -0.461 e. The molecular formula is C23H32O3. The molecular weight excluding hydrogens is 324 g/mol. The molecule has 0 aromatic carbocycles. The lowest BCUT2D eigenvalue weighted by Crippen LogP contribution is -2.51. The molecule has 0 amide bonds. The van der Waals surface area contributed by atoms with Crippen LogP contribution in [0.4, 0.5) is 0 Å². The number of rotatable bonds is 3. The van der Waals surface area contributed by atoms with E-state index < -0.39 is 0 Å². The number of fused-ring (bicyclic) bond motifs is 5. The molecule has 4 aliphatic carbocycles. The second-order valence-electron chi connectivity index (χ2n) is 9.56. The van der Waals surface area contributed by atoms with Crippen LogP contribution >= 0.6 is 0 Å². The summed E-state index contributed by atoms with van der Waals surface area (Å²) in [6.07, 6.45) is 12.0.